The van der Waals surface area contributed by atoms with E-state index in [9.17, 15) is 9.59 Å². The number of aryl methyl sites for hydroxylation is 1. The van der Waals surface area contributed by atoms with Crippen LogP contribution < -0.4 is 20.3 Å². The molecule has 0 aliphatic carbocycles. The van der Waals surface area contributed by atoms with Crippen LogP contribution in [0.5, 0.6) is 11.5 Å². The van der Waals surface area contributed by atoms with E-state index < -0.39 is 0 Å². The molecule has 7 nitrogen and oxygen atoms in total. The first-order valence-electron chi connectivity index (χ1n) is 10.00. The van der Waals surface area contributed by atoms with Gasteiger partial charge in [-0.3, -0.25) is 9.59 Å². The van der Waals surface area contributed by atoms with Crippen LogP contribution in [-0.4, -0.2) is 28.9 Å². The van der Waals surface area contributed by atoms with Crippen LogP contribution in [0.4, 0.5) is 5.69 Å². The van der Waals surface area contributed by atoms with E-state index in [1.165, 1.54) is 10.7 Å². The molecule has 1 aliphatic heterocycles. The Bertz CT molecular complexity index is 1120. The summed E-state index contributed by atoms with van der Waals surface area (Å²) in [5, 5.41) is 7.26. The Morgan fingerprint density at radius 3 is 2.70 bits per heavy atom. The van der Waals surface area contributed by atoms with Crippen molar-refractivity contribution in [3.8, 4) is 22.8 Å². The molecule has 154 valence electrons. The molecule has 1 N–H and O–H groups in total. The van der Waals surface area contributed by atoms with Crippen molar-refractivity contribution in [2.24, 2.45) is 0 Å². The summed E-state index contributed by atoms with van der Waals surface area (Å²) in [6, 6.07) is 16.2. The summed E-state index contributed by atoms with van der Waals surface area (Å²) in [5.74, 6) is 1.04. The SMILES string of the molecule is CCc1ccccc1NC(=O)Cn1nc(-c2ccc3c(c2)OCCCO3)ccc1=O. The largest absolute Gasteiger partial charge is 0.490 e. The number of nitrogens with zero attached hydrogens (tertiary/aromatic N) is 2. The molecule has 0 atom stereocenters. The minimum Gasteiger partial charge on any atom is -0.490 e. The summed E-state index contributed by atoms with van der Waals surface area (Å²) in [4.78, 5) is 24.8. The molecule has 4 rings (SSSR count). The Kier molecular flexibility index (Phi) is 5.79. The molecule has 1 amide bonds. The van der Waals surface area contributed by atoms with E-state index in [2.05, 4.69) is 10.4 Å². The second kappa shape index (κ2) is 8.82. The smallest absolute Gasteiger partial charge is 0.267 e. The van der Waals surface area contributed by atoms with Gasteiger partial charge in [-0.2, -0.15) is 5.10 Å². The normalized spacial score (nSPS) is 12.8. The van der Waals surface area contributed by atoms with Gasteiger partial charge >= 0.3 is 0 Å². The number of hydrogen-bond acceptors (Lipinski definition) is 5. The zero-order chi connectivity index (χ0) is 20.9. The third-order valence-electron chi connectivity index (χ3n) is 4.88. The van der Waals surface area contributed by atoms with Crippen LogP contribution in [0.3, 0.4) is 0 Å². The lowest BCUT2D eigenvalue weighted by Crippen LogP contribution is -2.29. The maximum atomic E-state index is 12.5. The maximum Gasteiger partial charge on any atom is 0.267 e. The summed E-state index contributed by atoms with van der Waals surface area (Å²) in [6.45, 7) is 3.06. The highest BCUT2D eigenvalue weighted by Crippen LogP contribution is 2.33. The Morgan fingerprint density at radius 1 is 1.07 bits per heavy atom. The van der Waals surface area contributed by atoms with Gasteiger partial charge in [0.2, 0.25) is 5.91 Å². The van der Waals surface area contributed by atoms with Crippen molar-refractivity contribution >= 4 is 11.6 Å². The number of nitrogens with one attached hydrogen (secondary N) is 1. The van der Waals surface area contributed by atoms with Gasteiger partial charge in [-0.1, -0.05) is 25.1 Å². The number of carbonyl (C=O) groups excluding carboxylic acids is 1. The second-order valence-electron chi connectivity index (χ2n) is 6.99. The topological polar surface area (TPSA) is 82.5 Å². The summed E-state index contributed by atoms with van der Waals surface area (Å²) >= 11 is 0. The number of carbonyl (C=O) groups is 1. The summed E-state index contributed by atoms with van der Waals surface area (Å²) in [6.07, 6.45) is 1.62. The Balaban J connectivity index is 1.56. The zero-order valence-corrected chi connectivity index (χ0v) is 16.8. The number of fused-ring (bicyclic) bond motifs is 1. The molecule has 0 radical (unpaired) electrons. The quantitative estimate of drug-likeness (QED) is 0.705. The molecule has 2 aromatic carbocycles. The van der Waals surface area contributed by atoms with E-state index in [0.29, 0.717) is 30.4 Å². The maximum absolute atomic E-state index is 12.5. The van der Waals surface area contributed by atoms with Crippen LogP contribution in [0.15, 0.2) is 59.4 Å². The lowest BCUT2D eigenvalue weighted by atomic mass is 10.1. The van der Waals surface area contributed by atoms with E-state index in [0.717, 1.165) is 29.7 Å². The predicted molar refractivity (Wildman–Crippen MR) is 114 cm³/mol. The van der Waals surface area contributed by atoms with Gasteiger partial charge in [0.15, 0.2) is 11.5 Å². The van der Waals surface area contributed by atoms with Gasteiger partial charge in [0.05, 0.1) is 18.9 Å². The van der Waals surface area contributed by atoms with Crippen LogP contribution in [-0.2, 0) is 17.8 Å². The lowest BCUT2D eigenvalue weighted by molar-refractivity contribution is -0.117. The summed E-state index contributed by atoms with van der Waals surface area (Å²) < 4.78 is 12.6. The molecule has 1 aromatic heterocycles. The van der Waals surface area contributed by atoms with Gasteiger partial charge in [-0.05, 0) is 42.3 Å². The molecule has 0 unspecified atom stereocenters. The van der Waals surface area contributed by atoms with Crippen molar-refractivity contribution < 1.29 is 14.3 Å². The third-order valence-corrected chi connectivity index (χ3v) is 4.88. The van der Waals surface area contributed by atoms with Crippen LogP contribution in [0.2, 0.25) is 0 Å². The van der Waals surface area contributed by atoms with E-state index in [-0.39, 0.29) is 18.0 Å². The van der Waals surface area contributed by atoms with E-state index >= 15 is 0 Å². The van der Waals surface area contributed by atoms with E-state index in [4.69, 9.17) is 9.47 Å². The summed E-state index contributed by atoms with van der Waals surface area (Å²) in [5.41, 5.74) is 2.80. The molecule has 3 aromatic rings. The van der Waals surface area contributed by atoms with Gasteiger partial charge in [-0.15, -0.1) is 0 Å². The van der Waals surface area contributed by atoms with Crippen molar-refractivity contribution in [2.45, 2.75) is 26.3 Å². The number of ether oxygens (including phenoxy) is 2. The minimum absolute atomic E-state index is 0.171. The standard InChI is InChI=1S/C23H23N3O4/c1-2-16-6-3-4-7-18(16)24-22(27)15-26-23(28)11-9-19(25-26)17-8-10-20-21(14-17)30-13-5-12-29-20/h3-4,6-11,14H,2,5,12-13,15H2,1H3,(H,24,27). The molecule has 0 saturated heterocycles. The second-order valence-corrected chi connectivity index (χ2v) is 6.99. The van der Waals surface area contributed by atoms with Crippen LogP contribution in [0, 0.1) is 0 Å². The van der Waals surface area contributed by atoms with Gasteiger partial charge < -0.3 is 14.8 Å². The number of amides is 1. The number of benzene rings is 2. The molecule has 0 fully saturated rings. The van der Waals surface area contributed by atoms with Gasteiger partial charge in [0.25, 0.3) is 5.56 Å². The first kappa shape index (κ1) is 19.7. The molecule has 1 aliphatic rings. The Labute approximate surface area is 174 Å². The average Bonchev–Trinajstić information content (AvgIpc) is 3.00. The molecule has 30 heavy (non-hydrogen) atoms. The Morgan fingerprint density at radius 2 is 1.87 bits per heavy atom. The molecule has 7 heteroatoms. The van der Waals surface area contributed by atoms with E-state index in [1.54, 1.807) is 6.07 Å². The van der Waals surface area contributed by atoms with Crippen molar-refractivity contribution in [3.05, 3.63) is 70.5 Å². The molecule has 0 saturated carbocycles. The Hall–Kier alpha value is -3.61. The highest BCUT2D eigenvalue weighted by molar-refractivity contribution is 5.91. The zero-order valence-electron chi connectivity index (χ0n) is 16.8. The van der Waals surface area contributed by atoms with Gasteiger partial charge in [0, 0.05) is 23.7 Å². The van der Waals surface area contributed by atoms with Crippen molar-refractivity contribution in [1.82, 2.24) is 9.78 Å². The molecular formula is C23H23N3O4. The number of para-hydroxylation sites is 1. The molecule has 2 heterocycles. The fourth-order valence-corrected chi connectivity index (χ4v) is 3.32. The van der Waals surface area contributed by atoms with Crippen molar-refractivity contribution in [3.63, 3.8) is 0 Å². The molecule has 0 bridgehead atoms. The van der Waals surface area contributed by atoms with Gasteiger partial charge in [-0.25, -0.2) is 4.68 Å². The average molecular weight is 405 g/mol. The lowest BCUT2D eigenvalue weighted by Gasteiger charge is -2.12. The van der Waals surface area contributed by atoms with Crippen LogP contribution in [0.1, 0.15) is 18.9 Å². The molecule has 0 spiro atoms. The molecular weight excluding hydrogens is 382 g/mol. The fraction of sp³-hybridized carbons (Fsp3) is 0.261. The summed E-state index contributed by atoms with van der Waals surface area (Å²) in [7, 11) is 0. The first-order valence-corrected chi connectivity index (χ1v) is 10.00. The monoisotopic (exact) mass is 405 g/mol. The number of aromatic nitrogens is 2. The number of rotatable bonds is 5. The van der Waals surface area contributed by atoms with Crippen LogP contribution in [0.25, 0.3) is 11.3 Å². The van der Waals surface area contributed by atoms with Crippen molar-refractivity contribution in [1.29, 1.82) is 0 Å². The fourth-order valence-electron chi connectivity index (χ4n) is 3.32. The van der Waals surface area contributed by atoms with Crippen LogP contribution >= 0.6 is 0 Å². The van der Waals surface area contributed by atoms with Gasteiger partial charge in [0.1, 0.15) is 6.54 Å². The third kappa shape index (κ3) is 4.35. The van der Waals surface area contributed by atoms with Crippen molar-refractivity contribution in [2.75, 3.05) is 18.5 Å². The van der Waals surface area contributed by atoms with E-state index in [1.807, 2.05) is 49.4 Å². The first-order chi connectivity index (χ1) is 14.6. The highest BCUT2D eigenvalue weighted by Gasteiger charge is 2.14. The minimum atomic E-state index is -0.341. The predicted octanol–water partition coefficient (Wildman–Crippen LogP) is 3.27. The highest BCUT2D eigenvalue weighted by atomic mass is 16.5. The number of anilines is 1. The number of hydrogen-bond donors (Lipinski definition) is 1.